The van der Waals surface area contributed by atoms with E-state index in [1.54, 1.807) is 24.3 Å². The minimum atomic E-state index is -1.81. The molecular weight excluding hydrogens is 1260 g/mol. The number of aliphatic carboxylic acids is 1. The van der Waals surface area contributed by atoms with Crippen LogP contribution < -0.4 is 43.0 Å². The number of nitrogens with one attached hydrogen (secondary N) is 10. The van der Waals surface area contributed by atoms with E-state index in [0.29, 0.717) is 45.1 Å². The third-order valence-electron chi connectivity index (χ3n) is 17.6. The molecule has 0 unspecified atom stereocenters. The van der Waals surface area contributed by atoms with E-state index in [0.717, 1.165) is 0 Å². The molecule has 1 fully saturated rings. The average molecular weight is 1340 g/mol. The Kier molecular flexibility index (Phi) is 22.7. The second-order valence-electron chi connectivity index (χ2n) is 24.8. The summed E-state index contributed by atoms with van der Waals surface area (Å²) in [5.41, 5.74) is 7.52. The zero-order valence-corrected chi connectivity index (χ0v) is 53.1. The summed E-state index contributed by atoms with van der Waals surface area (Å²) < 4.78 is 29.7. The number of phenols is 1. The number of carbonyl (C=O) groups is 12. The molecule has 7 aromatic rings. The Morgan fingerprint density at radius 1 is 0.639 bits per heavy atom. The number of primary amides is 1. The van der Waals surface area contributed by atoms with Gasteiger partial charge in [-0.1, -0.05) is 36.4 Å². The molecule has 4 aromatic carbocycles. The first-order valence-corrected chi connectivity index (χ1v) is 31.5. The number of imidazole rings is 1. The van der Waals surface area contributed by atoms with Crippen LogP contribution in [0, 0.1) is 23.5 Å². The summed E-state index contributed by atoms with van der Waals surface area (Å²) >= 11 is 0. The van der Waals surface area contributed by atoms with Crippen molar-refractivity contribution < 1.29 is 76.5 Å². The van der Waals surface area contributed by atoms with Crippen molar-refractivity contribution in [3.05, 3.63) is 155 Å². The molecule has 510 valence electrons. The second-order valence-corrected chi connectivity index (χ2v) is 24.8. The minimum absolute atomic E-state index is 0.00325. The summed E-state index contributed by atoms with van der Waals surface area (Å²) in [6, 6.07) is 12.1. The lowest BCUT2D eigenvalue weighted by atomic mass is 9.91. The number of carbonyl (C=O) groups excluding carboxylic acids is 11. The van der Waals surface area contributed by atoms with Gasteiger partial charge in [0.1, 0.15) is 52.9 Å². The van der Waals surface area contributed by atoms with E-state index in [1.165, 1.54) is 104 Å². The number of benzene rings is 4. The number of carboxylic acid groups (broad SMARTS) is 1. The number of fused-ring (bicyclic) bond motifs is 31. The van der Waals surface area contributed by atoms with E-state index >= 15 is 9.59 Å². The topological polar surface area (TPSA) is 419 Å². The highest BCUT2D eigenvalue weighted by Crippen LogP contribution is 2.32. The molecule has 97 heavy (non-hydrogen) atoms. The lowest BCUT2D eigenvalue weighted by Gasteiger charge is -2.37. The van der Waals surface area contributed by atoms with Crippen LogP contribution in [-0.2, 0) is 96.2 Å². The summed E-state index contributed by atoms with van der Waals surface area (Å²) in [5, 5.41) is 39.6. The van der Waals surface area contributed by atoms with Crippen molar-refractivity contribution >= 4 is 92.5 Å². The van der Waals surface area contributed by atoms with Gasteiger partial charge in [0.25, 0.3) is 0 Å². The maximum Gasteiger partial charge on any atom is 0.304 e. The molecule has 29 heteroatoms. The van der Waals surface area contributed by atoms with Crippen LogP contribution in [0.5, 0.6) is 5.75 Å². The number of Topliss-reactive ketones (excluding diaryl/α,β-unsaturated/α-hetero) is 2. The summed E-state index contributed by atoms with van der Waals surface area (Å²) in [6.07, 6.45) is 1.75. The van der Waals surface area contributed by atoms with E-state index < -0.39 is 156 Å². The number of aromatic nitrogens is 4. The highest BCUT2D eigenvalue weighted by Gasteiger charge is 2.49. The largest absolute Gasteiger partial charge is 0.508 e. The number of H-pyrrole nitrogens is 3. The number of phenolic OH excluding ortho intramolecular Hbond substituents is 1. The van der Waals surface area contributed by atoms with Crippen molar-refractivity contribution in [2.75, 3.05) is 13.1 Å². The first-order valence-electron chi connectivity index (χ1n) is 31.5. The Bertz CT molecular complexity index is 4120. The first-order chi connectivity index (χ1) is 46.3. The molecular formula is C68H75F2N13O14. The Labute approximate surface area is 553 Å². The van der Waals surface area contributed by atoms with Crippen molar-refractivity contribution in [2.45, 2.75) is 133 Å². The number of nitrogens with zero attached hydrogens (tertiary/aromatic N) is 2. The maximum atomic E-state index is 15.2. The standard InChI is InChI=1S/C68H75F2N13O14/c1-36(84)20-40-10-17-58(87)75-30-39-6-4-37(5-7-39)21-53(61(71)91)82-67(97)68(2)18-3-19-83(68)66(96)56(22-38-8-13-47(85)14-9-38)81-65(95)55(29-46-33-72-35-77-46)80-63(93)41(26-60(89)90)25-57(86)52(23-42-31-73-50-15-11-44(69)27-48(42)50)79-64(94)54(78-59(88)34-76-62(40)92)24-43-32-74-51-16-12-45(70)28-49(43)51/h4-9,11-16,27-28,31-33,35,40-41,52-56,73-74,85H,3,10,17-26,29-30,34H2,1-2H3,(H2,71,91)(H,72,77)(H,75,87)(H,76,92)(H,78,88)(H,79,94)(H,80,93)(H,81,95)(H,82,97)(H,89,90)/t40-,41-,52-,53-,54-,55-,56-,68-/m0/s1. The number of amides is 9. The van der Waals surface area contributed by atoms with E-state index in [9.17, 15) is 66.9 Å². The molecule has 14 N–H and O–H groups in total. The molecule has 2 bridgehead atoms. The van der Waals surface area contributed by atoms with E-state index in [2.05, 4.69) is 57.2 Å². The number of hydrogen-bond donors (Lipinski definition) is 13. The molecule has 10 rings (SSSR count). The van der Waals surface area contributed by atoms with Gasteiger partial charge >= 0.3 is 5.97 Å². The zero-order valence-electron chi connectivity index (χ0n) is 53.1. The van der Waals surface area contributed by atoms with Crippen molar-refractivity contribution in [2.24, 2.45) is 17.6 Å². The van der Waals surface area contributed by atoms with Crippen LogP contribution in [0.4, 0.5) is 8.78 Å². The second kappa shape index (κ2) is 31.4. The molecule has 6 heterocycles. The Morgan fingerprint density at radius 2 is 1.25 bits per heavy atom. The molecule has 9 amide bonds. The van der Waals surface area contributed by atoms with Crippen LogP contribution in [0.15, 0.2) is 110 Å². The molecule has 8 atom stereocenters. The molecule has 0 aliphatic carbocycles. The van der Waals surface area contributed by atoms with Gasteiger partial charge < -0.3 is 77.8 Å². The number of ketones is 2. The molecule has 0 saturated carbocycles. The van der Waals surface area contributed by atoms with Gasteiger partial charge in [-0.2, -0.15) is 0 Å². The normalized spacial score (nSPS) is 22.8. The van der Waals surface area contributed by atoms with Gasteiger partial charge in [-0.25, -0.2) is 13.8 Å². The smallest absolute Gasteiger partial charge is 0.304 e. The molecule has 3 aromatic heterocycles. The molecule has 1 saturated heterocycles. The molecule has 3 aliphatic rings. The number of nitrogens with two attached hydrogens (primary N) is 1. The van der Waals surface area contributed by atoms with Gasteiger partial charge in [-0.15, -0.1) is 0 Å². The van der Waals surface area contributed by atoms with Gasteiger partial charge in [-0.3, -0.25) is 52.7 Å². The fourth-order valence-corrected chi connectivity index (χ4v) is 12.2. The zero-order chi connectivity index (χ0) is 69.7. The van der Waals surface area contributed by atoms with Gasteiger partial charge in [0.15, 0.2) is 5.78 Å². The Hall–Kier alpha value is -11.1. The van der Waals surface area contributed by atoms with Crippen LogP contribution in [0.1, 0.15) is 92.3 Å². The molecule has 27 nitrogen and oxygen atoms in total. The van der Waals surface area contributed by atoms with Gasteiger partial charge in [0.05, 0.1) is 31.3 Å². The summed E-state index contributed by atoms with van der Waals surface area (Å²) in [4.78, 5) is 183. The van der Waals surface area contributed by atoms with Gasteiger partial charge in [0.2, 0.25) is 53.2 Å². The fourth-order valence-electron chi connectivity index (χ4n) is 12.2. The van der Waals surface area contributed by atoms with Crippen LogP contribution in [0.25, 0.3) is 21.8 Å². The van der Waals surface area contributed by atoms with Crippen LogP contribution in [0.2, 0.25) is 0 Å². The number of carboxylic acids is 1. The highest BCUT2D eigenvalue weighted by molar-refractivity contribution is 6.00. The quantitative estimate of drug-likeness (QED) is 0.0737. The van der Waals surface area contributed by atoms with Crippen LogP contribution in [-0.4, -0.2) is 155 Å². The van der Waals surface area contributed by atoms with E-state index in [4.69, 9.17) is 5.73 Å². The first kappa shape index (κ1) is 70.2. The third kappa shape index (κ3) is 18.4. The molecule has 0 spiro atoms. The monoisotopic (exact) mass is 1340 g/mol. The van der Waals surface area contributed by atoms with E-state index in [1.807, 2.05) is 0 Å². The number of aromatic hydroxyl groups is 1. The number of rotatable bonds is 13. The predicted molar refractivity (Wildman–Crippen MR) is 345 cm³/mol. The average Bonchev–Trinajstić information content (AvgIpc) is 1.69. The van der Waals surface area contributed by atoms with Crippen molar-refractivity contribution in [1.82, 2.24) is 62.1 Å². The Balaban J connectivity index is 1.08. The highest BCUT2D eigenvalue weighted by atomic mass is 19.1. The Morgan fingerprint density at radius 3 is 1.86 bits per heavy atom. The summed E-state index contributed by atoms with van der Waals surface area (Å²) in [6.45, 7) is 1.97. The predicted octanol–water partition coefficient (Wildman–Crippen LogP) is 2.33. The van der Waals surface area contributed by atoms with Gasteiger partial charge in [-0.05, 0) is 109 Å². The minimum Gasteiger partial charge on any atom is -0.508 e. The van der Waals surface area contributed by atoms with Crippen molar-refractivity contribution in [3.8, 4) is 5.75 Å². The summed E-state index contributed by atoms with van der Waals surface area (Å²) in [5.74, 6) is -15.1. The number of aromatic amines is 3. The number of hydrogen-bond acceptors (Lipinski definition) is 14. The summed E-state index contributed by atoms with van der Waals surface area (Å²) in [7, 11) is 0. The van der Waals surface area contributed by atoms with Crippen LogP contribution >= 0.6 is 0 Å². The number of halogens is 2. The van der Waals surface area contributed by atoms with Crippen molar-refractivity contribution in [3.63, 3.8) is 0 Å². The molecule has 0 radical (unpaired) electrons. The fraction of sp³-hybridized carbons (Fsp3) is 0.368. The molecule has 3 aliphatic heterocycles. The van der Waals surface area contributed by atoms with Crippen molar-refractivity contribution in [1.29, 1.82) is 0 Å². The van der Waals surface area contributed by atoms with E-state index in [-0.39, 0.29) is 86.8 Å². The lowest BCUT2D eigenvalue weighted by molar-refractivity contribution is -0.147. The van der Waals surface area contributed by atoms with Crippen LogP contribution in [0.3, 0.4) is 0 Å². The lowest BCUT2D eigenvalue weighted by Crippen LogP contribution is -2.63. The maximum absolute atomic E-state index is 15.2. The third-order valence-corrected chi connectivity index (χ3v) is 17.6. The van der Waals surface area contributed by atoms with Gasteiger partial charge in [0, 0.05) is 116 Å². The SMILES string of the molecule is CC(=O)C[C@@H]1CCC(=O)NCc2ccc(cc2)C[C@@H](C(N)=O)NC(=O)[C@]2(C)CCCN2C(=O)[C@H](Cc2ccc(O)cc2)NC(=O)[C@H](Cc2cnc[nH]2)NC(=O)[C@H](CC(=O)O)CC(=O)[C@H](Cc2c[nH]c3ccc(F)cc23)NC(=O)[C@H](Cc2c[nH]c3ccc(F)cc23)NC(=O)CNC1=O.